The van der Waals surface area contributed by atoms with Crippen LogP contribution in [0.15, 0.2) is 47.4 Å². The fourth-order valence-corrected chi connectivity index (χ4v) is 5.00. The van der Waals surface area contributed by atoms with Gasteiger partial charge in [-0.3, -0.25) is 4.79 Å². The molecule has 0 spiro atoms. The number of carbonyl (C=O) groups excluding carboxylic acids is 1. The second kappa shape index (κ2) is 8.28. The molecule has 2 aromatic rings. The van der Waals surface area contributed by atoms with E-state index in [0.29, 0.717) is 24.3 Å². The number of ether oxygens (including phenoxy) is 1. The van der Waals surface area contributed by atoms with E-state index in [2.05, 4.69) is 5.32 Å². The van der Waals surface area contributed by atoms with E-state index in [4.69, 9.17) is 4.74 Å². The smallest absolute Gasteiger partial charge is 0.246 e. The van der Waals surface area contributed by atoms with Crippen LogP contribution < -0.4 is 10.1 Å². The predicted molar refractivity (Wildman–Crippen MR) is 104 cm³/mol. The molecule has 1 amide bonds. The third kappa shape index (κ3) is 4.34. The molecule has 0 unspecified atom stereocenters. The standard InChI is InChI=1S/C20H23FN2O4S/c1-14-6-7-18(27-2)19(12-14)28(25,26)23-10-8-15(9-11-23)20(24)22-17-5-3-4-16(21)13-17/h3-7,12-13,15H,8-11H2,1-2H3,(H,22,24). The Bertz CT molecular complexity index is 970. The van der Waals surface area contributed by atoms with E-state index in [1.165, 1.54) is 29.6 Å². The van der Waals surface area contributed by atoms with Crippen molar-refractivity contribution in [3.05, 3.63) is 53.8 Å². The summed E-state index contributed by atoms with van der Waals surface area (Å²) in [5.41, 5.74) is 1.22. The van der Waals surface area contributed by atoms with Crippen molar-refractivity contribution in [1.82, 2.24) is 4.31 Å². The van der Waals surface area contributed by atoms with Gasteiger partial charge in [-0.1, -0.05) is 12.1 Å². The number of halogens is 1. The Hall–Kier alpha value is -2.45. The summed E-state index contributed by atoms with van der Waals surface area (Å²) in [5.74, 6) is -0.674. The third-order valence-corrected chi connectivity index (χ3v) is 6.77. The van der Waals surface area contributed by atoms with Crippen molar-refractivity contribution in [3.8, 4) is 5.75 Å². The molecule has 0 atom stereocenters. The van der Waals surface area contributed by atoms with Crippen molar-refractivity contribution in [2.24, 2.45) is 5.92 Å². The van der Waals surface area contributed by atoms with Gasteiger partial charge in [0.15, 0.2) is 0 Å². The molecule has 150 valence electrons. The van der Waals surface area contributed by atoms with Crippen molar-refractivity contribution >= 4 is 21.6 Å². The molecule has 1 aliphatic heterocycles. The molecule has 0 saturated carbocycles. The van der Waals surface area contributed by atoms with E-state index in [-0.39, 0.29) is 29.8 Å². The van der Waals surface area contributed by atoms with E-state index < -0.39 is 15.8 Å². The van der Waals surface area contributed by atoms with Gasteiger partial charge in [0.05, 0.1) is 7.11 Å². The highest BCUT2D eigenvalue weighted by Crippen LogP contribution is 2.30. The average molecular weight is 406 g/mol. The number of anilines is 1. The molecule has 1 N–H and O–H groups in total. The first-order valence-electron chi connectivity index (χ1n) is 9.02. The summed E-state index contributed by atoms with van der Waals surface area (Å²) in [4.78, 5) is 12.6. The van der Waals surface area contributed by atoms with Crippen LogP contribution in [0.5, 0.6) is 5.75 Å². The minimum absolute atomic E-state index is 0.137. The van der Waals surface area contributed by atoms with Gasteiger partial charge in [-0.15, -0.1) is 0 Å². The van der Waals surface area contributed by atoms with E-state index in [0.717, 1.165) is 5.56 Å². The Morgan fingerprint density at radius 3 is 2.54 bits per heavy atom. The SMILES string of the molecule is COc1ccc(C)cc1S(=O)(=O)N1CCC(C(=O)Nc2cccc(F)c2)CC1. The number of sulfonamides is 1. The number of aryl methyl sites for hydroxylation is 1. The summed E-state index contributed by atoms with van der Waals surface area (Å²) in [5, 5.41) is 2.70. The highest BCUT2D eigenvalue weighted by Gasteiger charge is 2.33. The quantitative estimate of drug-likeness (QED) is 0.828. The molecule has 3 rings (SSSR count). The molecule has 0 aliphatic carbocycles. The molecule has 0 bridgehead atoms. The van der Waals surface area contributed by atoms with Crippen LogP contribution in [0.4, 0.5) is 10.1 Å². The Morgan fingerprint density at radius 2 is 1.89 bits per heavy atom. The fourth-order valence-electron chi connectivity index (χ4n) is 3.29. The highest BCUT2D eigenvalue weighted by atomic mass is 32.2. The molecule has 2 aromatic carbocycles. The lowest BCUT2D eigenvalue weighted by Gasteiger charge is -2.31. The Balaban J connectivity index is 1.68. The molecule has 1 heterocycles. The van der Waals surface area contributed by atoms with Gasteiger partial charge >= 0.3 is 0 Å². The third-order valence-electron chi connectivity index (χ3n) is 4.85. The molecular formula is C20H23FN2O4S. The number of carbonyl (C=O) groups is 1. The second-order valence-corrected chi connectivity index (χ2v) is 8.74. The van der Waals surface area contributed by atoms with Crippen LogP contribution in [0.25, 0.3) is 0 Å². The lowest BCUT2D eigenvalue weighted by atomic mass is 9.97. The van der Waals surface area contributed by atoms with Crippen LogP contribution in [-0.4, -0.2) is 38.8 Å². The summed E-state index contributed by atoms with van der Waals surface area (Å²) in [6.07, 6.45) is 0.795. The number of rotatable bonds is 5. The minimum Gasteiger partial charge on any atom is -0.495 e. The molecule has 1 saturated heterocycles. The van der Waals surface area contributed by atoms with Crippen LogP contribution in [0.3, 0.4) is 0 Å². The van der Waals surface area contributed by atoms with E-state index in [1.807, 2.05) is 6.92 Å². The number of methoxy groups -OCH3 is 1. The van der Waals surface area contributed by atoms with Gasteiger partial charge in [0.1, 0.15) is 16.5 Å². The fraction of sp³-hybridized carbons (Fsp3) is 0.350. The molecule has 0 aromatic heterocycles. The maximum absolute atomic E-state index is 13.3. The van der Waals surface area contributed by atoms with Crippen LogP contribution in [0.2, 0.25) is 0 Å². The minimum atomic E-state index is -3.71. The van der Waals surface area contributed by atoms with Crippen molar-refractivity contribution in [2.75, 3.05) is 25.5 Å². The Kier molecular flexibility index (Phi) is 6.00. The van der Waals surface area contributed by atoms with Crippen LogP contribution in [0.1, 0.15) is 18.4 Å². The van der Waals surface area contributed by atoms with Crippen molar-refractivity contribution in [3.63, 3.8) is 0 Å². The summed E-state index contributed by atoms with van der Waals surface area (Å²) in [6.45, 7) is 2.29. The van der Waals surface area contributed by atoms with Gasteiger partial charge in [0.25, 0.3) is 0 Å². The summed E-state index contributed by atoms with van der Waals surface area (Å²) < 4.78 is 45.9. The normalized spacial score (nSPS) is 16.0. The zero-order valence-electron chi connectivity index (χ0n) is 15.8. The highest BCUT2D eigenvalue weighted by molar-refractivity contribution is 7.89. The number of piperidine rings is 1. The number of nitrogens with one attached hydrogen (secondary N) is 1. The molecule has 6 nitrogen and oxygen atoms in total. The molecular weight excluding hydrogens is 383 g/mol. The maximum atomic E-state index is 13.3. The number of benzene rings is 2. The monoisotopic (exact) mass is 406 g/mol. The van der Waals surface area contributed by atoms with Crippen molar-refractivity contribution < 1.29 is 22.3 Å². The van der Waals surface area contributed by atoms with Gasteiger partial charge in [0.2, 0.25) is 15.9 Å². The number of hydrogen-bond donors (Lipinski definition) is 1. The van der Waals surface area contributed by atoms with E-state index in [9.17, 15) is 17.6 Å². The van der Waals surface area contributed by atoms with Crippen molar-refractivity contribution in [2.45, 2.75) is 24.7 Å². The molecule has 8 heteroatoms. The van der Waals surface area contributed by atoms with Gasteiger partial charge in [-0.25, -0.2) is 12.8 Å². The maximum Gasteiger partial charge on any atom is 0.246 e. The first kappa shape index (κ1) is 20.3. The summed E-state index contributed by atoms with van der Waals surface area (Å²) in [6, 6.07) is 10.7. The number of nitrogens with zero attached hydrogens (tertiary/aromatic N) is 1. The lowest BCUT2D eigenvalue weighted by Crippen LogP contribution is -2.41. The molecule has 28 heavy (non-hydrogen) atoms. The van der Waals surface area contributed by atoms with Crippen LogP contribution >= 0.6 is 0 Å². The van der Waals surface area contributed by atoms with E-state index >= 15 is 0 Å². The van der Waals surface area contributed by atoms with Gasteiger partial charge in [0, 0.05) is 24.7 Å². The predicted octanol–water partition coefficient (Wildman–Crippen LogP) is 3.18. The van der Waals surface area contributed by atoms with E-state index in [1.54, 1.807) is 24.3 Å². The van der Waals surface area contributed by atoms with Crippen molar-refractivity contribution in [1.29, 1.82) is 0 Å². The largest absolute Gasteiger partial charge is 0.495 e. The summed E-state index contributed by atoms with van der Waals surface area (Å²) in [7, 11) is -2.28. The zero-order chi connectivity index (χ0) is 20.3. The average Bonchev–Trinajstić information content (AvgIpc) is 2.68. The first-order valence-corrected chi connectivity index (χ1v) is 10.5. The number of amides is 1. The molecule has 0 radical (unpaired) electrons. The lowest BCUT2D eigenvalue weighted by molar-refractivity contribution is -0.120. The number of hydrogen-bond acceptors (Lipinski definition) is 4. The van der Waals surface area contributed by atoms with Crippen LogP contribution in [-0.2, 0) is 14.8 Å². The summed E-state index contributed by atoms with van der Waals surface area (Å²) >= 11 is 0. The Morgan fingerprint density at radius 1 is 1.18 bits per heavy atom. The second-order valence-electron chi connectivity index (χ2n) is 6.83. The Labute approximate surface area is 164 Å². The van der Waals surface area contributed by atoms with Gasteiger partial charge < -0.3 is 10.1 Å². The van der Waals surface area contributed by atoms with Gasteiger partial charge in [-0.2, -0.15) is 4.31 Å². The molecule has 1 aliphatic rings. The molecule has 1 fully saturated rings. The first-order chi connectivity index (χ1) is 13.3. The topological polar surface area (TPSA) is 75.7 Å². The zero-order valence-corrected chi connectivity index (χ0v) is 16.6. The van der Waals surface area contributed by atoms with Gasteiger partial charge in [-0.05, 0) is 55.7 Å². The van der Waals surface area contributed by atoms with Crippen LogP contribution in [0, 0.1) is 18.7 Å².